The number of rotatable bonds is 7. The lowest BCUT2D eigenvalue weighted by atomic mass is 9.52. The van der Waals surface area contributed by atoms with Crippen LogP contribution in [0.1, 0.15) is 48.9 Å². The molecule has 4 bridgehead atoms. The molecule has 156 valence electrons. The standard InChI is InChI=1S/C22H30N4O3/c23-20(27)4-5-24-21(28)15-2-1-3-18(11-15)26-22(29)25-12-19-16-7-13-6-14(9-16)10-17(19)8-13/h1-3,11,13-14,16-17,19H,4-10,12H2,(H2,23,27)(H,24,28)(H2,25,26,29). The summed E-state index contributed by atoms with van der Waals surface area (Å²) in [6, 6.07) is 6.53. The second-order valence-corrected chi connectivity index (χ2v) is 8.98. The molecule has 29 heavy (non-hydrogen) atoms. The van der Waals surface area contributed by atoms with Crippen molar-refractivity contribution in [3.05, 3.63) is 29.8 Å². The zero-order chi connectivity index (χ0) is 20.4. The maximum atomic E-state index is 12.4. The van der Waals surface area contributed by atoms with Crippen LogP contribution in [-0.2, 0) is 4.79 Å². The zero-order valence-electron chi connectivity index (χ0n) is 16.7. The average Bonchev–Trinajstić information content (AvgIpc) is 2.66. The van der Waals surface area contributed by atoms with Crippen LogP contribution in [-0.4, -0.2) is 30.9 Å². The van der Waals surface area contributed by atoms with Gasteiger partial charge in [-0.25, -0.2) is 4.79 Å². The normalized spacial score (nSPS) is 29.3. The van der Waals surface area contributed by atoms with Gasteiger partial charge in [-0.1, -0.05) is 6.07 Å². The molecule has 7 nitrogen and oxygen atoms in total. The minimum Gasteiger partial charge on any atom is -0.370 e. The smallest absolute Gasteiger partial charge is 0.319 e. The van der Waals surface area contributed by atoms with Crippen LogP contribution in [0.3, 0.4) is 0 Å². The molecule has 0 aliphatic heterocycles. The van der Waals surface area contributed by atoms with E-state index in [0.29, 0.717) is 17.2 Å². The maximum absolute atomic E-state index is 12.4. The molecule has 0 saturated heterocycles. The van der Waals surface area contributed by atoms with Gasteiger partial charge in [0, 0.05) is 30.8 Å². The van der Waals surface area contributed by atoms with E-state index >= 15 is 0 Å². The fourth-order valence-electron chi connectivity index (χ4n) is 5.90. The van der Waals surface area contributed by atoms with Crippen molar-refractivity contribution in [1.29, 1.82) is 0 Å². The van der Waals surface area contributed by atoms with Crippen molar-refractivity contribution < 1.29 is 14.4 Å². The van der Waals surface area contributed by atoms with Crippen molar-refractivity contribution in [3.8, 4) is 0 Å². The third-order valence-corrected chi connectivity index (χ3v) is 6.96. The highest BCUT2D eigenvalue weighted by Crippen LogP contribution is 2.56. The van der Waals surface area contributed by atoms with Crippen LogP contribution in [0.2, 0.25) is 0 Å². The zero-order valence-corrected chi connectivity index (χ0v) is 16.7. The molecule has 0 unspecified atom stereocenters. The Labute approximate surface area is 171 Å². The summed E-state index contributed by atoms with van der Waals surface area (Å²) >= 11 is 0. The van der Waals surface area contributed by atoms with Gasteiger partial charge in [0.05, 0.1) is 0 Å². The predicted molar refractivity (Wildman–Crippen MR) is 110 cm³/mol. The molecule has 4 aliphatic carbocycles. The minimum absolute atomic E-state index is 0.0940. The van der Waals surface area contributed by atoms with Gasteiger partial charge < -0.3 is 21.7 Å². The van der Waals surface area contributed by atoms with Crippen LogP contribution < -0.4 is 21.7 Å². The first-order chi connectivity index (χ1) is 14.0. The number of benzene rings is 1. The maximum Gasteiger partial charge on any atom is 0.319 e. The molecule has 0 heterocycles. The molecule has 0 aromatic heterocycles. The molecular weight excluding hydrogens is 368 g/mol. The Morgan fingerprint density at radius 2 is 1.66 bits per heavy atom. The summed E-state index contributed by atoms with van der Waals surface area (Å²) in [6.45, 7) is 0.922. The Morgan fingerprint density at radius 3 is 2.31 bits per heavy atom. The third kappa shape index (κ3) is 4.71. The Balaban J connectivity index is 1.26. The van der Waals surface area contributed by atoms with Gasteiger partial charge >= 0.3 is 6.03 Å². The lowest BCUT2D eigenvalue weighted by Crippen LogP contribution is -2.49. The predicted octanol–water partition coefficient (Wildman–Crippen LogP) is 2.49. The number of carbonyl (C=O) groups is 3. The van der Waals surface area contributed by atoms with E-state index in [1.807, 2.05) is 0 Å². The van der Waals surface area contributed by atoms with Gasteiger partial charge in [-0.05, 0) is 79.9 Å². The van der Waals surface area contributed by atoms with Crippen molar-refractivity contribution in [2.75, 3.05) is 18.4 Å². The van der Waals surface area contributed by atoms with E-state index in [-0.39, 0.29) is 24.9 Å². The molecule has 1 aromatic carbocycles. The number of hydrogen-bond acceptors (Lipinski definition) is 3. The van der Waals surface area contributed by atoms with Crippen LogP contribution >= 0.6 is 0 Å². The van der Waals surface area contributed by atoms with Gasteiger partial charge in [0.15, 0.2) is 0 Å². The van der Waals surface area contributed by atoms with Crippen LogP contribution in [0.5, 0.6) is 0 Å². The summed E-state index contributed by atoms with van der Waals surface area (Å²) in [7, 11) is 0. The first kappa shape index (κ1) is 19.7. The number of nitrogens with one attached hydrogen (secondary N) is 3. The summed E-state index contributed by atoms with van der Waals surface area (Å²) in [5.41, 5.74) is 6.06. The van der Waals surface area contributed by atoms with Crippen LogP contribution in [0.25, 0.3) is 0 Å². The number of urea groups is 1. The molecular formula is C22H30N4O3. The highest BCUT2D eigenvalue weighted by Gasteiger charge is 2.47. The van der Waals surface area contributed by atoms with E-state index in [4.69, 9.17) is 5.73 Å². The molecule has 4 aliphatic rings. The summed E-state index contributed by atoms with van der Waals surface area (Å²) in [5, 5.41) is 8.52. The molecule has 1 aromatic rings. The highest BCUT2D eigenvalue weighted by molar-refractivity contribution is 5.97. The first-order valence-electron chi connectivity index (χ1n) is 10.7. The van der Waals surface area contributed by atoms with Gasteiger partial charge in [-0.15, -0.1) is 0 Å². The summed E-state index contributed by atoms with van der Waals surface area (Å²) in [6.07, 6.45) is 6.89. The monoisotopic (exact) mass is 398 g/mol. The molecule has 0 atom stereocenters. The van der Waals surface area contributed by atoms with Crippen molar-refractivity contribution in [2.24, 2.45) is 35.3 Å². The van der Waals surface area contributed by atoms with E-state index in [9.17, 15) is 14.4 Å². The quantitative estimate of drug-likeness (QED) is 0.566. The van der Waals surface area contributed by atoms with Crippen molar-refractivity contribution in [3.63, 3.8) is 0 Å². The van der Waals surface area contributed by atoms with E-state index in [2.05, 4.69) is 16.0 Å². The van der Waals surface area contributed by atoms with Gasteiger partial charge in [-0.2, -0.15) is 0 Å². The fourth-order valence-corrected chi connectivity index (χ4v) is 5.90. The number of hydrogen-bond donors (Lipinski definition) is 4. The summed E-state index contributed by atoms with van der Waals surface area (Å²) in [5.74, 6) is 3.26. The third-order valence-electron chi connectivity index (χ3n) is 6.96. The number of anilines is 1. The highest BCUT2D eigenvalue weighted by atomic mass is 16.2. The van der Waals surface area contributed by atoms with Gasteiger partial charge in [0.2, 0.25) is 5.91 Å². The average molecular weight is 399 g/mol. The second kappa shape index (κ2) is 8.43. The SMILES string of the molecule is NC(=O)CCNC(=O)c1cccc(NC(=O)NCC2C3CC4CC(C3)CC2C4)c1. The van der Waals surface area contributed by atoms with Gasteiger partial charge in [0.1, 0.15) is 0 Å². The summed E-state index contributed by atoms with van der Waals surface area (Å²) < 4.78 is 0. The lowest BCUT2D eigenvalue weighted by Gasteiger charge is -2.54. The first-order valence-corrected chi connectivity index (χ1v) is 10.7. The molecule has 4 saturated carbocycles. The number of nitrogens with two attached hydrogens (primary N) is 1. The van der Waals surface area contributed by atoms with E-state index in [0.717, 1.165) is 30.2 Å². The molecule has 7 heteroatoms. The van der Waals surface area contributed by atoms with Crippen molar-refractivity contribution in [2.45, 2.75) is 38.5 Å². The Bertz CT molecular complexity index is 766. The number of amides is 4. The van der Waals surface area contributed by atoms with E-state index in [1.165, 1.54) is 32.1 Å². The van der Waals surface area contributed by atoms with Gasteiger partial charge in [-0.3, -0.25) is 9.59 Å². The van der Waals surface area contributed by atoms with Crippen molar-refractivity contribution >= 4 is 23.5 Å². The van der Waals surface area contributed by atoms with Crippen molar-refractivity contribution in [1.82, 2.24) is 10.6 Å². The lowest BCUT2D eigenvalue weighted by molar-refractivity contribution is -0.117. The number of carbonyl (C=O) groups excluding carboxylic acids is 3. The van der Waals surface area contributed by atoms with E-state index < -0.39 is 5.91 Å². The second-order valence-electron chi connectivity index (χ2n) is 8.98. The fraction of sp³-hybridized carbons (Fsp3) is 0.591. The molecule has 4 amide bonds. The Morgan fingerprint density at radius 1 is 0.966 bits per heavy atom. The van der Waals surface area contributed by atoms with Crippen LogP contribution in [0, 0.1) is 29.6 Å². The van der Waals surface area contributed by atoms with E-state index in [1.54, 1.807) is 24.3 Å². The topological polar surface area (TPSA) is 113 Å². The largest absolute Gasteiger partial charge is 0.370 e. The summed E-state index contributed by atoms with van der Waals surface area (Å²) in [4.78, 5) is 35.3. The molecule has 5 N–H and O–H groups in total. The molecule has 0 radical (unpaired) electrons. The number of primary amides is 1. The van der Waals surface area contributed by atoms with Gasteiger partial charge in [0.25, 0.3) is 5.91 Å². The van der Waals surface area contributed by atoms with Crippen LogP contribution in [0.15, 0.2) is 24.3 Å². The molecule has 0 spiro atoms. The van der Waals surface area contributed by atoms with Crippen LogP contribution in [0.4, 0.5) is 10.5 Å². The Kier molecular flexibility index (Phi) is 5.74. The minimum atomic E-state index is -0.462. The Hall–Kier alpha value is -2.57. The molecule has 4 fully saturated rings. The molecule has 5 rings (SSSR count).